The number of aromatic nitrogens is 2. The van der Waals surface area contributed by atoms with E-state index < -0.39 is 0 Å². The second-order valence-corrected chi connectivity index (χ2v) is 8.32. The van der Waals surface area contributed by atoms with Crippen molar-refractivity contribution in [2.24, 2.45) is 0 Å². The minimum absolute atomic E-state index is 0.968. The lowest BCUT2D eigenvalue weighted by Gasteiger charge is -2.04. The minimum Gasteiger partial charge on any atom is -0.287 e. The van der Waals surface area contributed by atoms with Gasteiger partial charge in [-0.05, 0) is 49.1 Å². The van der Waals surface area contributed by atoms with Crippen molar-refractivity contribution >= 4 is 42.4 Å². The van der Waals surface area contributed by atoms with E-state index in [1.807, 2.05) is 0 Å². The van der Waals surface area contributed by atoms with Gasteiger partial charge in [-0.15, -0.1) is 0 Å². The topological polar surface area (TPSA) is 17.3 Å². The van der Waals surface area contributed by atoms with E-state index in [4.69, 9.17) is 4.98 Å². The number of nitrogens with zero attached hydrogens (tertiary/aromatic N) is 2. The molecule has 0 unspecified atom stereocenters. The van der Waals surface area contributed by atoms with E-state index in [2.05, 4.69) is 76.6 Å². The van der Waals surface area contributed by atoms with Gasteiger partial charge in [0, 0.05) is 10.0 Å². The minimum atomic E-state index is 0.968. The van der Waals surface area contributed by atoms with Crippen LogP contribution >= 0.6 is 27.3 Å². The SMILES string of the molecule is CCCCc1ccc2c(c1)sc1nc(-c3ccc(Br)cc3)c(CC)n12. The normalized spacial score (nSPS) is 11.6. The van der Waals surface area contributed by atoms with Crippen molar-refractivity contribution in [1.29, 1.82) is 0 Å². The van der Waals surface area contributed by atoms with Crippen molar-refractivity contribution in [2.75, 3.05) is 0 Å². The molecule has 0 saturated carbocycles. The first-order valence-corrected chi connectivity index (χ1v) is 10.5. The summed E-state index contributed by atoms with van der Waals surface area (Å²) < 4.78 is 4.79. The van der Waals surface area contributed by atoms with Crippen molar-refractivity contribution in [2.45, 2.75) is 39.5 Å². The Morgan fingerprint density at radius 3 is 2.60 bits per heavy atom. The third kappa shape index (κ3) is 3.02. The summed E-state index contributed by atoms with van der Waals surface area (Å²) in [5, 5.41) is 0. The summed E-state index contributed by atoms with van der Waals surface area (Å²) in [5.41, 5.74) is 6.31. The zero-order valence-corrected chi connectivity index (χ0v) is 17.0. The number of hydrogen-bond donors (Lipinski definition) is 0. The molecule has 0 bridgehead atoms. The van der Waals surface area contributed by atoms with Gasteiger partial charge in [-0.25, -0.2) is 4.98 Å². The van der Waals surface area contributed by atoms with Gasteiger partial charge in [-0.2, -0.15) is 0 Å². The third-order valence-electron chi connectivity index (χ3n) is 4.68. The molecule has 0 saturated heterocycles. The molecule has 0 atom stereocenters. The van der Waals surface area contributed by atoms with Crippen molar-refractivity contribution in [3.63, 3.8) is 0 Å². The maximum absolute atomic E-state index is 4.98. The average molecular weight is 413 g/mol. The number of imidazole rings is 1. The zero-order valence-electron chi connectivity index (χ0n) is 14.6. The summed E-state index contributed by atoms with van der Waals surface area (Å²) in [4.78, 5) is 6.07. The first-order chi connectivity index (χ1) is 12.2. The second kappa shape index (κ2) is 6.93. The Morgan fingerprint density at radius 1 is 1.08 bits per heavy atom. The van der Waals surface area contributed by atoms with Crippen molar-refractivity contribution in [3.05, 3.63) is 58.2 Å². The highest BCUT2D eigenvalue weighted by molar-refractivity contribution is 9.10. The highest BCUT2D eigenvalue weighted by Crippen LogP contribution is 2.34. The Morgan fingerprint density at radius 2 is 1.88 bits per heavy atom. The molecule has 25 heavy (non-hydrogen) atoms. The molecule has 0 N–H and O–H groups in total. The molecule has 0 aliphatic heterocycles. The van der Waals surface area contributed by atoms with E-state index >= 15 is 0 Å². The molecule has 2 aromatic heterocycles. The number of fused-ring (bicyclic) bond motifs is 3. The van der Waals surface area contributed by atoms with Crippen LogP contribution in [0.1, 0.15) is 37.9 Å². The van der Waals surface area contributed by atoms with E-state index in [0.717, 1.165) is 28.0 Å². The van der Waals surface area contributed by atoms with E-state index in [1.54, 1.807) is 11.3 Å². The molecule has 0 aliphatic rings. The van der Waals surface area contributed by atoms with Crippen LogP contribution in [-0.4, -0.2) is 9.38 Å². The third-order valence-corrected chi connectivity index (χ3v) is 6.21. The standard InChI is InChI=1S/C21H21BrN2S/c1-3-5-6-14-7-12-18-19(13-14)25-21-23-20(17(4-2)24(18)21)15-8-10-16(22)11-9-15/h7-13H,3-6H2,1-2H3. The van der Waals surface area contributed by atoms with Crippen LogP contribution in [0, 0.1) is 0 Å². The summed E-state index contributed by atoms with van der Waals surface area (Å²) in [5.74, 6) is 0. The molecule has 4 heteroatoms. The summed E-state index contributed by atoms with van der Waals surface area (Å²) in [7, 11) is 0. The fourth-order valence-corrected chi connectivity index (χ4v) is 4.74. The number of aryl methyl sites for hydroxylation is 2. The molecule has 0 amide bonds. The van der Waals surface area contributed by atoms with Crippen molar-refractivity contribution in [1.82, 2.24) is 9.38 Å². The quantitative estimate of drug-likeness (QED) is 0.348. The van der Waals surface area contributed by atoms with Crippen LogP contribution in [-0.2, 0) is 12.8 Å². The van der Waals surface area contributed by atoms with Gasteiger partial charge in [0.15, 0.2) is 4.96 Å². The maximum Gasteiger partial charge on any atom is 0.195 e. The lowest BCUT2D eigenvalue weighted by atomic mass is 10.1. The number of benzene rings is 2. The fourth-order valence-electron chi connectivity index (χ4n) is 3.37. The first-order valence-electron chi connectivity index (χ1n) is 8.90. The molecule has 0 radical (unpaired) electrons. The number of rotatable bonds is 5. The Kier molecular flexibility index (Phi) is 4.65. The Balaban J connectivity index is 1.86. The van der Waals surface area contributed by atoms with Gasteiger partial charge >= 0.3 is 0 Å². The van der Waals surface area contributed by atoms with Crippen molar-refractivity contribution < 1.29 is 0 Å². The van der Waals surface area contributed by atoms with Gasteiger partial charge in [0.25, 0.3) is 0 Å². The molecule has 2 heterocycles. The van der Waals surface area contributed by atoms with E-state index in [1.165, 1.54) is 39.9 Å². The van der Waals surface area contributed by atoms with Crippen LogP contribution in [0.3, 0.4) is 0 Å². The molecule has 128 valence electrons. The number of halogens is 1. The monoisotopic (exact) mass is 412 g/mol. The Labute approximate surface area is 160 Å². The summed E-state index contributed by atoms with van der Waals surface area (Å²) >= 11 is 5.31. The summed E-state index contributed by atoms with van der Waals surface area (Å²) in [6.45, 7) is 4.46. The molecule has 2 nitrogen and oxygen atoms in total. The molecule has 0 spiro atoms. The van der Waals surface area contributed by atoms with Gasteiger partial charge in [0.05, 0.1) is 21.6 Å². The predicted octanol–water partition coefficient (Wildman–Crippen LogP) is 6.88. The van der Waals surface area contributed by atoms with E-state index in [9.17, 15) is 0 Å². The van der Waals surface area contributed by atoms with Crippen LogP contribution in [0.15, 0.2) is 46.9 Å². The Bertz CT molecular complexity index is 1030. The maximum atomic E-state index is 4.98. The Hall–Kier alpha value is -1.65. The molecule has 4 rings (SSSR count). The summed E-state index contributed by atoms with van der Waals surface area (Å²) in [6.07, 6.45) is 4.62. The molecule has 0 aliphatic carbocycles. The molecular weight excluding hydrogens is 392 g/mol. The van der Waals surface area contributed by atoms with E-state index in [0.29, 0.717) is 0 Å². The van der Waals surface area contributed by atoms with E-state index in [-0.39, 0.29) is 0 Å². The highest BCUT2D eigenvalue weighted by Gasteiger charge is 2.17. The molecule has 2 aromatic carbocycles. The lowest BCUT2D eigenvalue weighted by Crippen LogP contribution is -1.92. The number of hydrogen-bond acceptors (Lipinski definition) is 2. The van der Waals surface area contributed by atoms with Gasteiger partial charge < -0.3 is 0 Å². The van der Waals surface area contributed by atoms with Crippen molar-refractivity contribution in [3.8, 4) is 11.3 Å². The van der Waals surface area contributed by atoms with Gasteiger partial charge in [-0.3, -0.25) is 4.40 Å². The molecule has 4 aromatic rings. The van der Waals surface area contributed by atoms with Crippen LogP contribution in [0.25, 0.3) is 26.4 Å². The van der Waals surface area contributed by atoms with Crippen LogP contribution in [0.4, 0.5) is 0 Å². The zero-order chi connectivity index (χ0) is 17.4. The van der Waals surface area contributed by atoms with Crippen LogP contribution < -0.4 is 0 Å². The summed E-state index contributed by atoms with van der Waals surface area (Å²) in [6, 6.07) is 15.4. The van der Waals surface area contributed by atoms with Gasteiger partial charge in [0.1, 0.15) is 0 Å². The van der Waals surface area contributed by atoms with Gasteiger partial charge in [-0.1, -0.05) is 65.7 Å². The highest BCUT2D eigenvalue weighted by atomic mass is 79.9. The molecular formula is C21H21BrN2S. The van der Waals surface area contributed by atoms with Crippen LogP contribution in [0.5, 0.6) is 0 Å². The largest absolute Gasteiger partial charge is 0.287 e. The number of unbranched alkanes of at least 4 members (excludes halogenated alkanes) is 1. The fraction of sp³-hybridized carbons (Fsp3) is 0.286. The molecule has 0 fully saturated rings. The van der Waals surface area contributed by atoms with Crippen LogP contribution in [0.2, 0.25) is 0 Å². The average Bonchev–Trinajstić information content (AvgIpc) is 3.15. The first kappa shape index (κ1) is 16.8. The smallest absolute Gasteiger partial charge is 0.195 e. The second-order valence-electron chi connectivity index (χ2n) is 6.39. The lowest BCUT2D eigenvalue weighted by molar-refractivity contribution is 0.796. The number of thiazole rings is 1. The van der Waals surface area contributed by atoms with Gasteiger partial charge in [0.2, 0.25) is 0 Å². The predicted molar refractivity (Wildman–Crippen MR) is 112 cm³/mol.